The van der Waals surface area contributed by atoms with Gasteiger partial charge >= 0.3 is 0 Å². The van der Waals surface area contributed by atoms with Gasteiger partial charge in [-0.2, -0.15) is 5.10 Å². The molecule has 1 aliphatic rings. The molecule has 1 heterocycles. The van der Waals surface area contributed by atoms with Crippen LogP contribution in [0.5, 0.6) is 0 Å². The van der Waals surface area contributed by atoms with Crippen molar-refractivity contribution in [2.24, 2.45) is 5.10 Å². The van der Waals surface area contributed by atoms with Crippen molar-refractivity contribution in [1.82, 2.24) is 5.12 Å². The van der Waals surface area contributed by atoms with Crippen LogP contribution in [-0.4, -0.2) is 25.4 Å². The molecule has 0 saturated heterocycles. The van der Waals surface area contributed by atoms with Crippen LogP contribution < -0.4 is 5.01 Å². The Labute approximate surface area is 71.9 Å². The van der Waals surface area contributed by atoms with Crippen LogP contribution >= 0.6 is 0 Å². The summed E-state index contributed by atoms with van der Waals surface area (Å²) in [6.45, 7) is 0. The lowest BCUT2D eigenvalue weighted by Crippen LogP contribution is -2.35. The summed E-state index contributed by atoms with van der Waals surface area (Å²) in [5, 5.41) is 8.00. The van der Waals surface area contributed by atoms with Gasteiger partial charge in [0.05, 0.1) is 11.9 Å². The zero-order chi connectivity index (χ0) is 8.55. The largest absolute Gasteiger partial charge is 0.272 e. The summed E-state index contributed by atoms with van der Waals surface area (Å²) in [5.41, 5.74) is 2.35. The second-order valence-corrected chi connectivity index (χ2v) is 2.82. The first-order chi connectivity index (χ1) is 5.79. The molecular weight excluding hydrogens is 150 g/mol. The number of fused-ring (bicyclic) bond motifs is 1. The molecule has 1 aliphatic heterocycles. The third-order valence-electron chi connectivity index (χ3n) is 2.08. The van der Waals surface area contributed by atoms with Crippen LogP contribution in [0.3, 0.4) is 0 Å². The van der Waals surface area contributed by atoms with E-state index in [9.17, 15) is 0 Å². The predicted molar refractivity (Wildman–Crippen MR) is 50.2 cm³/mol. The Morgan fingerprint density at radius 3 is 2.75 bits per heavy atom. The molecule has 0 spiro atoms. The molecule has 0 bridgehead atoms. The molecule has 0 aliphatic carbocycles. The maximum absolute atomic E-state index is 4.19. The monoisotopic (exact) mass is 161 g/mol. The van der Waals surface area contributed by atoms with Crippen molar-refractivity contribution in [3.8, 4) is 0 Å². The highest BCUT2D eigenvalue weighted by Gasteiger charge is 2.12. The first-order valence-corrected chi connectivity index (χ1v) is 3.89. The summed E-state index contributed by atoms with van der Waals surface area (Å²) < 4.78 is 0. The maximum Gasteiger partial charge on any atom is 0.0675 e. The molecular formula is C9H11N3. The lowest BCUT2D eigenvalue weighted by atomic mass is 10.2. The van der Waals surface area contributed by atoms with Crippen LogP contribution in [0.25, 0.3) is 0 Å². The molecule has 3 heteroatoms. The summed E-state index contributed by atoms with van der Waals surface area (Å²) in [4.78, 5) is 0. The minimum atomic E-state index is 1.16. The summed E-state index contributed by atoms with van der Waals surface area (Å²) in [5.74, 6) is 0. The molecule has 3 nitrogen and oxygen atoms in total. The van der Waals surface area contributed by atoms with Crippen molar-refractivity contribution in [2.75, 3.05) is 19.1 Å². The predicted octanol–water partition coefficient (Wildman–Crippen LogP) is 1.32. The number of rotatable bonds is 0. The van der Waals surface area contributed by atoms with Gasteiger partial charge in [0, 0.05) is 19.7 Å². The smallest absolute Gasteiger partial charge is 0.0675 e. The first kappa shape index (κ1) is 7.16. The minimum absolute atomic E-state index is 1.16. The fourth-order valence-corrected chi connectivity index (χ4v) is 1.27. The molecule has 0 amide bonds. The topological polar surface area (TPSA) is 18.8 Å². The Balaban J connectivity index is 2.52. The standard InChI is InChI=1S/C9H11N3/c1-11-9-6-4-3-5-8(9)7-10-12(11)2/h3-7H,1-2H3. The fraction of sp³-hybridized carbons (Fsp3) is 0.222. The summed E-state index contributed by atoms with van der Waals surface area (Å²) >= 11 is 0. The number of hydrogen-bond acceptors (Lipinski definition) is 3. The minimum Gasteiger partial charge on any atom is -0.272 e. The number of anilines is 1. The molecule has 0 radical (unpaired) electrons. The SMILES string of the molecule is CN1N=Cc2ccccc2N1C. The number of hydrazone groups is 1. The molecule has 1 aromatic rings. The highest BCUT2D eigenvalue weighted by molar-refractivity contribution is 5.88. The van der Waals surface area contributed by atoms with E-state index in [2.05, 4.69) is 17.2 Å². The molecule has 0 saturated carbocycles. The molecule has 0 fully saturated rings. The van der Waals surface area contributed by atoms with Gasteiger partial charge in [0.1, 0.15) is 0 Å². The van der Waals surface area contributed by atoms with Crippen LogP contribution in [0.4, 0.5) is 5.69 Å². The van der Waals surface area contributed by atoms with Gasteiger partial charge in [-0.3, -0.25) is 5.01 Å². The normalized spacial score (nSPS) is 14.8. The number of hydrogen-bond donors (Lipinski definition) is 0. The Bertz CT molecular complexity index is 319. The van der Waals surface area contributed by atoms with Crippen LogP contribution in [0.15, 0.2) is 29.4 Å². The Kier molecular flexibility index (Phi) is 1.50. The van der Waals surface area contributed by atoms with Crippen molar-refractivity contribution < 1.29 is 0 Å². The van der Waals surface area contributed by atoms with Crippen molar-refractivity contribution >= 4 is 11.9 Å². The van der Waals surface area contributed by atoms with Crippen LogP contribution in [0.2, 0.25) is 0 Å². The number of nitrogens with zero attached hydrogens (tertiary/aromatic N) is 3. The van der Waals surface area contributed by atoms with Crippen molar-refractivity contribution in [3.63, 3.8) is 0 Å². The van der Waals surface area contributed by atoms with E-state index in [4.69, 9.17) is 0 Å². The summed E-state index contributed by atoms with van der Waals surface area (Å²) in [6, 6.07) is 8.19. The van der Waals surface area contributed by atoms with Gasteiger partial charge in [-0.15, -0.1) is 0 Å². The van der Waals surface area contributed by atoms with Gasteiger partial charge in [0.25, 0.3) is 0 Å². The summed E-state index contributed by atoms with van der Waals surface area (Å²) in [7, 11) is 3.92. The molecule has 2 rings (SSSR count). The van der Waals surface area contributed by atoms with Crippen molar-refractivity contribution in [3.05, 3.63) is 29.8 Å². The van der Waals surface area contributed by atoms with Crippen LogP contribution in [0, 0.1) is 0 Å². The summed E-state index contributed by atoms with van der Waals surface area (Å²) in [6.07, 6.45) is 1.87. The van der Waals surface area contributed by atoms with E-state index >= 15 is 0 Å². The van der Waals surface area contributed by atoms with Gasteiger partial charge in [-0.25, -0.2) is 5.12 Å². The van der Waals surface area contributed by atoms with Crippen LogP contribution in [-0.2, 0) is 0 Å². The molecule has 12 heavy (non-hydrogen) atoms. The van der Waals surface area contributed by atoms with E-state index in [1.54, 1.807) is 0 Å². The highest BCUT2D eigenvalue weighted by atomic mass is 15.8. The zero-order valence-electron chi connectivity index (χ0n) is 7.23. The molecule has 0 unspecified atom stereocenters. The molecule has 1 aromatic carbocycles. The van der Waals surface area contributed by atoms with E-state index < -0.39 is 0 Å². The third kappa shape index (κ3) is 0.942. The number of benzene rings is 1. The molecule has 0 N–H and O–H groups in total. The average molecular weight is 161 g/mol. The van der Waals surface area contributed by atoms with E-state index in [0.717, 1.165) is 5.56 Å². The van der Waals surface area contributed by atoms with Gasteiger partial charge in [-0.05, 0) is 6.07 Å². The van der Waals surface area contributed by atoms with Crippen molar-refractivity contribution in [1.29, 1.82) is 0 Å². The van der Waals surface area contributed by atoms with E-state index in [1.807, 2.05) is 42.6 Å². The van der Waals surface area contributed by atoms with E-state index in [1.165, 1.54) is 5.69 Å². The quantitative estimate of drug-likeness (QED) is 0.571. The van der Waals surface area contributed by atoms with Gasteiger partial charge in [0.15, 0.2) is 0 Å². The van der Waals surface area contributed by atoms with E-state index in [-0.39, 0.29) is 0 Å². The number of hydrazine groups is 1. The Morgan fingerprint density at radius 2 is 1.92 bits per heavy atom. The molecule has 62 valence electrons. The van der Waals surface area contributed by atoms with E-state index in [0.29, 0.717) is 0 Å². The lowest BCUT2D eigenvalue weighted by molar-refractivity contribution is 0.341. The number of para-hydroxylation sites is 1. The Morgan fingerprint density at radius 1 is 1.17 bits per heavy atom. The second-order valence-electron chi connectivity index (χ2n) is 2.82. The third-order valence-corrected chi connectivity index (χ3v) is 2.08. The zero-order valence-corrected chi connectivity index (χ0v) is 7.23. The molecule has 0 atom stereocenters. The fourth-order valence-electron chi connectivity index (χ4n) is 1.27. The first-order valence-electron chi connectivity index (χ1n) is 3.89. The van der Waals surface area contributed by atoms with Crippen LogP contribution in [0.1, 0.15) is 5.56 Å². The maximum atomic E-state index is 4.19. The second kappa shape index (κ2) is 2.52. The lowest BCUT2D eigenvalue weighted by Gasteiger charge is -2.31. The van der Waals surface area contributed by atoms with Crippen molar-refractivity contribution in [2.45, 2.75) is 0 Å². The van der Waals surface area contributed by atoms with Gasteiger partial charge in [-0.1, -0.05) is 18.2 Å². The highest BCUT2D eigenvalue weighted by Crippen LogP contribution is 2.21. The molecule has 0 aromatic heterocycles. The van der Waals surface area contributed by atoms with Gasteiger partial charge < -0.3 is 0 Å². The van der Waals surface area contributed by atoms with Gasteiger partial charge in [0.2, 0.25) is 0 Å². The Hall–Kier alpha value is -1.51. The average Bonchev–Trinajstić information content (AvgIpc) is 2.12.